The number of hydrogen-bond acceptors (Lipinski definition) is 2. The van der Waals surface area contributed by atoms with E-state index in [0.29, 0.717) is 6.61 Å². The topological polar surface area (TPSA) is 29.5 Å². The van der Waals surface area contributed by atoms with Crippen molar-refractivity contribution >= 4 is 17.5 Å². The lowest BCUT2D eigenvalue weighted by molar-refractivity contribution is -0.146. The largest absolute Gasteiger partial charge is 0.379 e. The van der Waals surface area contributed by atoms with Crippen LogP contribution in [0.2, 0.25) is 5.02 Å². The second-order valence-electron chi connectivity index (χ2n) is 7.33. The van der Waals surface area contributed by atoms with Gasteiger partial charge in [0.1, 0.15) is 0 Å². The Labute approximate surface area is 150 Å². The first-order valence-corrected chi connectivity index (χ1v) is 9.63. The van der Waals surface area contributed by atoms with Crippen LogP contribution in [0.25, 0.3) is 0 Å². The summed E-state index contributed by atoms with van der Waals surface area (Å²) in [5, 5.41) is 0.737. The van der Waals surface area contributed by atoms with Crippen LogP contribution in [0.5, 0.6) is 0 Å². The van der Waals surface area contributed by atoms with Crippen molar-refractivity contribution in [3.8, 4) is 0 Å². The molecule has 0 spiro atoms. The molecule has 1 saturated carbocycles. The van der Waals surface area contributed by atoms with Gasteiger partial charge in [-0.25, -0.2) is 0 Å². The number of hydrogen-bond donors (Lipinski definition) is 0. The van der Waals surface area contributed by atoms with Gasteiger partial charge in [-0.15, -0.1) is 0 Å². The molecule has 1 aromatic rings. The first-order chi connectivity index (χ1) is 11.6. The van der Waals surface area contributed by atoms with E-state index in [9.17, 15) is 4.79 Å². The number of ether oxygens (including phenoxy) is 1. The van der Waals surface area contributed by atoms with Crippen molar-refractivity contribution in [2.75, 3.05) is 13.2 Å². The highest BCUT2D eigenvalue weighted by molar-refractivity contribution is 6.30. The fourth-order valence-electron chi connectivity index (χ4n) is 3.58. The second kappa shape index (κ2) is 7.88. The molecule has 2 aliphatic rings. The van der Waals surface area contributed by atoms with Gasteiger partial charge in [-0.05, 0) is 55.7 Å². The summed E-state index contributed by atoms with van der Waals surface area (Å²) in [6.07, 6.45) is 5.47. The molecule has 0 bridgehead atoms. The fourth-order valence-corrected chi connectivity index (χ4v) is 3.70. The van der Waals surface area contributed by atoms with Crippen molar-refractivity contribution in [3.63, 3.8) is 0 Å². The molecule has 24 heavy (non-hydrogen) atoms. The molecule has 132 valence electrons. The van der Waals surface area contributed by atoms with Gasteiger partial charge in [-0.2, -0.15) is 0 Å². The van der Waals surface area contributed by atoms with E-state index in [1.807, 2.05) is 19.1 Å². The Morgan fingerprint density at radius 1 is 1.21 bits per heavy atom. The van der Waals surface area contributed by atoms with E-state index in [4.69, 9.17) is 16.3 Å². The van der Waals surface area contributed by atoms with Crippen LogP contribution in [0, 0.1) is 11.8 Å². The van der Waals surface area contributed by atoms with Crippen molar-refractivity contribution in [3.05, 3.63) is 34.9 Å². The van der Waals surface area contributed by atoms with Gasteiger partial charge in [-0.1, -0.05) is 37.6 Å². The summed E-state index contributed by atoms with van der Waals surface area (Å²) < 4.78 is 5.94. The van der Waals surface area contributed by atoms with E-state index in [0.717, 1.165) is 36.8 Å². The van der Waals surface area contributed by atoms with Gasteiger partial charge in [0.05, 0.1) is 18.7 Å². The Hall–Kier alpha value is -1.06. The minimum absolute atomic E-state index is 0.103. The van der Waals surface area contributed by atoms with Crippen molar-refractivity contribution in [2.45, 2.75) is 58.0 Å². The van der Waals surface area contributed by atoms with Crippen molar-refractivity contribution in [2.24, 2.45) is 11.8 Å². The average molecular weight is 350 g/mol. The molecule has 3 unspecified atom stereocenters. The lowest BCUT2D eigenvalue weighted by Crippen LogP contribution is -2.50. The van der Waals surface area contributed by atoms with E-state index in [-0.39, 0.29) is 23.9 Å². The molecule has 3 nitrogen and oxygen atoms in total. The Balaban J connectivity index is 1.76. The molecule has 1 heterocycles. The van der Waals surface area contributed by atoms with E-state index in [1.54, 1.807) is 0 Å². The Bertz CT molecular complexity index is 555. The normalized spacial score (nSPS) is 25.8. The second-order valence-corrected chi connectivity index (χ2v) is 7.77. The van der Waals surface area contributed by atoms with Crippen LogP contribution < -0.4 is 0 Å². The SMILES string of the molecule is CCC(COCC1CC1)N1C(=O)C(C)CCC1c1ccc(Cl)cc1. The van der Waals surface area contributed by atoms with Crippen molar-refractivity contribution in [1.29, 1.82) is 0 Å². The summed E-state index contributed by atoms with van der Waals surface area (Å²) in [6.45, 7) is 5.69. The third-order valence-electron chi connectivity index (χ3n) is 5.37. The van der Waals surface area contributed by atoms with E-state index < -0.39 is 0 Å². The molecule has 0 aromatic heterocycles. The van der Waals surface area contributed by atoms with Gasteiger partial charge in [0, 0.05) is 17.5 Å². The lowest BCUT2D eigenvalue weighted by atomic mass is 9.87. The van der Waals surface area contributed by atoms with Crippen LogP contribution in [-0.4, -0.2) is 30.1 Å². The molecule has 3 rings (SSSR count). The number of likely N-dealkylation sites (tertiary alicyclic amines) is 1. The molecule has 1 aliphatic heterocycles. The maximum Gasteiger partial charge on any atom is 0.226 e. The van der Waals surface area contributed by atoms with Crippen LogP contribution in [0.1, 0.15) is 57.6 Å². The summed E-state index contributed by atoms with van der Waals surface area (Å²) in [4.78, 5) is 15.0. The molecule has 4 heteroatoms. The standard InChI is InChI=1S/C20H28ClNO2/c1-3-18(13-24-12-15-5-6-15)22-19(11-4-14(2)20(22)23)16-7-9-17(21)10-8-16/h7-10,14-15,18-19H,3-6,11-13H2,1-2H3. The average Bonchev–Trinajstić information content (AvgIpc) is 3.40. The number of nitrogens with zero attached hydrogens (tertiary/aromatic N) is 1. The predicted octanol–water partition coefficient (Wildman–Crippen LogP) is 4.84. The van der Waals surface area contributed by atoms with Crippen molar-refractivity contribution < 1.29 is 9.53 Å². The monoisotopic (exact) mass is 349 g/mol. The fraction of sp³-hybridized carbons (Fsp3) is 0.650. The third-order valence-corrected chi connectivity index (χ3v) is 5.62. The molecule has 0 N–H and O–H groups in total. The van der Waals surface area contributed by atoms with Gasteiger partial charge in [0.2, 0.25) is 5.91 Å². The van der Waals surface area contributed by atoms with Crippen LogP contribution in [0.15, 0.2) is 24.3 Å². The Kier molecular flexibility index (Phi) is 5.83. The molecule has 1 amide bonds. The minimum atomic E-state index is 0.103. The number of carbonyl (C=O) groups excluding carboxylic acids is 1. The number of amides is 1. The lowest BCUT2D eigenvalue weighted by Gasteiger charge is -2.43. The zero-order valence-corrected chi connectivity index (χ0v) is 15.5. The number of benzene rings is 1. The highest BCUT2D eigenvalue weighted by Gasteiger charge is 2.37. The zero-order chi connectivity index (χ0) is 17.1. The third kappa shape index (κ3) is 4.12. The van der Waals surface area contributed by atoms with Gasteiger partial charge >= 0.3 is 0 Å². The van der Waals surface area contributed by atoms with Crippen LogP contribution in [-0.2, 0) is 9.53 Å². The number of piperidine rings is 1. The number of rotatable bonds is 7. The Morgan fingerprint density at radius 2 is 1.92 bits per heavy atom. The van der Waals surface area contributed by atoms with Gasteiger partial charge in [0.15, 0.2) is 0 Å². The number of halogens is 1. The van der Waals surface area contributed by atoms with E-state index >= 15 is 0 Å². The molecule has 3 atom stereocenters. The molecule has 0 radical (unpaired) electrons. The highest BCUT2D eigenvalue weighted by atomic mass is 35.5. The van der Waals surface area contributed by atoms with Crippen LogP contribution >= 0.6 is 11.6 Å². The van der Waals surface area contributed by atoms with Gasteiger partial charge < -0.3 is 9.64 Å². The smallest absolute Gasteiger partial charge is 0.226 e. The molecule has 1 saturated heterocycles. The maximum atomic E-state index is 12.9. The molecule has 1 aliphatic carbocycles. The van der Waals surface area contributed by atoms with Gasteiger partial charge in [-0.3, -0.25) is 4.79 Å². The predicted molar refractivity (Wildman–Crippen MR) is 97.1 cm³/mol. The van der Waals surface area contributed by atoms with Crippen LogP contribution in [0.3, 0.4) is 0 Å². The van der Waals surface area contributed by atoms with Gasteiger partial charge in [0.25, 0.3) is 0 Å². The summed E-state index contributed by atoms with van der Waals surface area (Å²) >= 11 is 6.03. The molecule has 2 fully saturated rings. The van der Waals surface area contributed by atoms with Crippen LogP contribution in [0.4, 0.5) is 0 Å². The highest BCUT2D eigenvalue weighted by Crippen LogP contribution is 2.37. The first-order valence-electron chi connectivity index (χ1n) is 9.25. The summed E-state index contributed by atoms with van der Waals surface area (Å²) in [7, 11) is 0. The molecular formula is C20H28ClNO2. The van der Waals surface area contributed by atoms with E-state index in [1.165, 1.54) is 18.4 Å². The number of carbonyl (C=O) groups is 1. The minimum Gasteiger partial charge on any atom is -0.379 e. The first kappa shape index (κ1) is 17.8. The maximum absolute atomic E-state index is 12.9. The summed E-state index contributed by atoms with van der Waals surface area (Å²) in [5.41, 5.74) is 1.18. The quantitative estimate of drug-likeness (QED) is 0.704. The summed E-state index contributed by atoms with van der Waals surface area (Å²) in [6, 6.07) is 8.24. The van der Waals surface area contributed by atoms with Crippen molar-refractivity contribution in [1.82, 2.24) is 4.90 Å². The summed E-state index contributed by atoms with van der Waals surface area (Å²) in [5.74, 6) is 1.12. The molecule has 1 aromatic carbocycles. The molecular weight excluding hydrogens is 322 g/mol. The Morgan fingerprint density at radius 3 is 2.54 bits per heavy atom. The zero-order valence-electron chi connectivity index (χ0n) is 14.7. The van der Waals surface area contributed by atoms with E-state index in [2.05, 4.69) is 24.0 Å².